The topological polar surface area (TPSA) is 23.5 Å². The predicted octanol–water partition coefficient (Wildman–Crippen LogP) is 4.02. The molecule has 0 heterocycles. The average molecular weight is 257 g/mol. The minimum atomic E-state index is 0.259. The Balaban J connectivity index is 2.32. The first-order valence-electron chi connectivity index (χ1n) is 6.75. The maximum Gasteiger partial charge on any atom is 0.120 e. The van der Waals surface area contributed by atoms with E-state index >= 15 is 0 Å². The number of benzene rings is 2. The molecule has 0 amide bonds. The lowest BCUT2D eigenvalue weighted by Gasteiger charge is -2.27. The number of phenols is 1. The highest BCUT2D eigenvalue weighted by molar-refractivity contribution is 5.87. The molecule has 1 N–H and O–H groups in total. The number of hydrogen-bond acceptors (Lipinski definition) is 2. The molecular formula is C17H23NO. The Morgan fingerprint density at radius 1 is 1.05 bits per heavy atom. The number of nitrogens with zero attached hydrogens (tertiary/aromatic N) is 1. The molecule has 0 saturated heterocycles. The maximum absolute atomic E-state index is 10.1. The highest BCUT2D eigenvalue weighted by atomic mass is 16.3. The van der Waals surface area contributed by atoms with Gasteiger partial charge in [0.05, 0.1) is 0 Å². The van der Waals surface area contributed by atoms with Crippen molar-refractivity contribution in [2.24, 2.45) is 5.41 Å². The van der Waals surface area contributed by atoms with Gasteiger partial charge in [0.2, 0.25) is 0 Å². The Hall–Kier alpha value is -1.54. The van der Waals surface area contributed by atoms with Gasteiger partial charge in [-0.3, -0.25) is 0 Å². The van der Waals surface area contributed by atoms with Crippen molar-refractivity contribution >= 4 is 10.8 Å². The van der Waals surface area contributed by atoms with Crippen LogP contribution in [0.15, 0.2) is 36.4 Å². The van der Waals surface area contributed by atoms with Crippen LogP contribution in [0.25, 0.3) is 10.8 Å². The molecular weight excluding hydrogens is 234 g/mol. The van der Waals surface area contributed by atoms with E-state index < -0.39 is 0 Å². The summed E-state index contributed by atoms with van der Waals surface area (Å²) in [5.41, 5.74) is 1.28. The Kier molecular flexibility index (Phi) is 3.81. The average Bonchev–Trinajstić information content (AvgIpc) is 2.31. The number of aromatic hydroxyl groups is 1. The van der Waals surface area contributed by atoms with Crippen molar-refractivity contribution in [1.82, 2.24) is 4.90 Å². The smallest absolute Gasteiger partial charge is 0.120 e. The van der Waals surface area contributed by atoms with Crippen LogP contribution in [-0.4, -0.2) is 23.6 Å². The normalized spacial score (nSPS) is 12.3. The second-order valence-electron chi connectivity index (χ2n) is 6.52. The van der Waals surface area contributed by atoms with E-state index in [1.165, 1.54) is 5.39 Å². The standard InChI is InChI=1S/C17H23NO/c1-17(2,3)12-18(4)11-15-14-8-6-5-7-13(14)9-10-16(15)19/h5-10,19H,11-12H2,1-4H3. The van der Waals surface area contributed by atoms with Gasteiger partial charge in [-0.05, 0) is 29.3 Å². The second-order valence-corrected chi connectivity index (χ2v) is 6.52. The summed E-state index contributed by atoms with van der Waals surface area (Å²) in [6.07, 6.45) is 0. The minimum Gasteiger partial charge on any atom is -0.508 e. The lowest BCUT2D eigenvalue weighted by molar-refractivity contribution is 0.219. The summed E-state index contributed by atoms with van der Waals surface area (Å²) in [5, 5.41) is 12.5. The SMILES string of the molecule is CN(Cc1c(O)ccc2ccccc12)CC(C)(C)C. The van der Waals surface area contributed by atoms with Gasteiger partial charge in [-0.2, -0.15) is 0 Å². The summed E-state index contributed by atoms with van der Waals surface area (Å²) in [5.74, 6) is 0.388. The third-order valence-electron chi connectivity index (χ3n) is 3.19. The molecule has 102 valence electrons. The second kappa shape index (κ2) is 5.22. The molecule has 0 aromatic heterocycles. The van der Waals surface area contributed by atoms with Crippen LogP contribution in [0, 0.1) is 5.41 Å². The Labute approximate surface area is 115 Å². The van der Waals surface area contributed by atoms with E-state index in [-0.39, 0.29) is 5.41 Å². The largest absolute Gasteiger partial charge is 0.508 e. The van der Waals surface area contributed by atoms with Crippen molar-refractivity contribution in [1.29, 1.82) is 0 Å². The first-order chi connectivity index (χ1) is 8.87. The predicted molar refractivity (Wildman–Crippen MR) is 81.4 cm³/mol. The quantitative estimate of drug-likeness (QED) is 0.897. The van der Waals surface area contributed by atoms with Gasteiger partial charge in [0.25, 0.3) is 0 Å². The molecule has 0 aliphatic carbocycles. The summed E-state index contributed by atoms with van der Waals surface area (Å²) >= 11 is 0. The zero-order valence-corrected chi connectivity index (χ0v) is 12.3. The monoisotopic (exact) mass is 257 g/mol. The van der Waals surface area contributed by atoms with Crippen molar-refractivity contribution in [2.45, 2.75) is 27.3 Å². The summed E-state index contributed by atoms with van der Waals surface area (Å²) in [7, 11) is 2.10. The van der Waals surface area contributed by atoms with Crippen molar-refractivity contribution in [3.8, 4) is 5.75 Å². The van der Waals surface area contributed by atoms with Gasteiger partial charge >= 0.3 is 0 Å². The molecule has 2 aromatic rings. The van der Waals surface area contributed by atoms with E-state index in [9.17, 15) is 5.11 Å². The van der Waals surface area contributed by atoms with Crippen LogP contribution in [0.2, 0.25) is 0 Å². The van der Waals surface area contributed by atoms with Crippen LogP contribution in [0.3, 0.4) is 0 Å². The fraction of sp³-hybridized carbons (Fsp3) is 0.412. The van der Waals surface area contributed by atoms with Crippen molar-refractivity contribution in [3.63, 3.8) is 0 Å². The molecule has 2 aromatic carbocycles. The summed E-state index contributed by atoms with van der Waals surface area (Å²) in [6.45, 7) is 8.45. The number of rotatable bonds is 3. The Bertz CT molecular complexity index is 569. The molecule has 0 atom stereocenters. The van der Waals surface area contributed by atoms with Gasteiger partial charge < -0.3 is 10.0 Å². The fourth-order valence-corrected chi connectivity index (χ4v) is 2.63. The molecule has 2 rings (SSSR count). The molecule has 2 nitrogen and oxygen atoms in total. The van der Waals surface area contributed by atoms with Crippen LogP contribution in [0.4, 0.5) is 0 Å². The third-order valence-corrected chi connectivity index (χ3v) is 3.19. The van der Waals surface area contributed by atoms with E-state index in [1.807, 2.05) is 18.2 Å². The number of fused-ring (bicyclic) bond motifs is 1. The van der Waals surface area contributed by atoms with Crippen molar-refractivity contribution < 1.29 is 5.11 Å². The van der Waals surface area contributed by atoms with Gasteiger partial charge in [-0.1, -0.05) is 51.1 Å². The van der Waals surface area contributed by atoms with Gasteiger partial charge in [-0.25, -0.2) is 0 Å². The minimum absolute atomic E-state index is 0.259. The molecule has 0 radical (unpaired) electrons. The lowest BCUT2D eigenvalue weighted by atomic mass is 9.95. The number of phenolic OH excluding ortho intramolecular Hbond substituents is 1. The molecule has 19 heavy (non-hydrogen) atoms. The first-order valence-corrected chi connectivity index (χ1v) is 6.75. The summed E-state index contributed by atoms with van der Waals surface area (Å²) < 4.78 is 0. The van der Waals surface area contributed by atoms with Crippen LogP contribution in [0.1, 0.15) is 26.3 Å². The summed E-state index contributed by atoms with van der Waals surface area (Å²) in [4.78, 5) is 2.27. The van der Waals surface area contributed by atoms with Crippen molar-refractivity contribution in [2.75, 3.05) is 13.6 Å². The van der Waals surface area contributed by atoms with Gasteiger partial charge in [-0.15, -0.1) is 0 Å². The van der Waals surface area contributed by atoms with Crippen LogP contribution < -0.4 is 0 Å². The zero-order valence-electron chi connectivity index (χ0n) is 12.3. The molecule has 2 heteroatoms. The highest BCUT2D eigenvalue weighted by Crippen LogP contribution is 2.28. The Morgan fingerprint density at radius 3 is 2.42 bits per heavy atom. The van der Waals surface area contributed by atoms with Crippen LogP contribution in [-0.2, 0) is 6.54 Å². The molecule has 0 spiro atoms. The van der Waals surface area contributed by atoms with E-state index in [0.29, 0.717) is 5.75 Å². The summed E-state index contributed by atoms with van der Waals surface area (Å²) in [6, 6.07) is 12.0. The fourth-order valence-electron chi connectivity index (χ4n) is 2.63. The Morgan fingerprint density at radius 2 is 1.74 bits per heavy atom. The molecule has 0 unspecified atom stereocenters. The van der Waals surface area contributed by atoms with Crippen LogP contribution in [0.5, 0.6) is 5.75 Å². The lowest BCUT2D eigenvalue weighted by Crippen LogP contribution is -2.28. The van der Waals surface area contributed by atoms with E-state index in [1.54, 1.807) is 6.07 Å². The molecule has 0 aliphatic rings. The van der Waals surface area contributed by atoms with Crippen LogP contribution >= 0.6 is 0 Å². The molecule has 0 bridgehead atoms. The van der Waals surface area contributed by atoms with E-state index in [2.05, 4.69) is 44.9 Å². The zero-order chi connectivity index (χ0) is 14.0. The number of hydrogen-bond donors (Lipinski definition) is 1. The van der Waals surface area contributed by atoms with E-state index in [0.717, 1.165) is 24.0 Å². The van der Waals surface area contributed by atoms with Crippen molar-refractivity contribution in [3.05, 3.63) is 42.0 Å². The maximum atomic E-state index is 10.1. The van der Waals surface area contributed by atoms with E-state index in [4.69, 9.17) is 0 Å². The highest BCUT2D eigenvalue weighted by Gasteiger charge is 2.15. The molecule has 0 saturated carbocycles. The first kappa shape index (κ1) is 13.9. The third kappa shape index (κ3) is 3.48. The van der Waals surface area contributed by atoms with Gasteiger partial charge in [0.15, 0.2) is 0 Å². The van der Waals surface area contributed by atoms with Gasteiger partial charge in [0, 0.05) is 18.7 Å². The molecule has 0 aliphatic heterocycles. The molecule has 0 fully saturated rings. The van der Waals surface area contributed by atoms with Gasteiger partial charge in [0.1, 0.15) is 5.75 Å².